The van der Waals surface area contributed by atoms with Crippen molar-refractivity contribution in [2.75, 3.05) is 0 Å². The van der Waals surface area contributed by atoms with E-state index < -0.39 is 8.07 Å². The predicted octanol–water partition coefficient (Wildman–Crippen LogP) is 12.0. The molecule has 0 amide bonds. The Labute approximate surface area is 434 Å². The molecule has 13 rings (SSSR count). The molecule has 3 aromatic heterocycles. The number of fused-ring (bicyclic) bond motifs is 6. The quantitative estimate of drug-likeness (QED) is 0.0865. The minimum Gasteiger partial charge on any atom is -0.510 e. The van der Waals surface area contributed by atoms with Crippen molar-refractivity contribution in [2.24, 2.45) is 0 Å². The van der Waals surface area contributed by atoms with Crippen LogP contribution in [-0.4, -0.2) is 22.2 Å². The van der Waals surface area contributed by atoms with Crippen LogP contribution in [0.4, 0.5) is 0 Å². The van der Waals surface area contributed by atoms with Gasteiger partial charge in [0.15, 0.2) is 8.07 Å². The number of benzene rings is 9. The van der Waals surface area contributed by atoms with E-state index in [1.165, 1.54) is 26.3 Å². The molecule has 72 heavy (non-hydrogen) atoms. The first-order chi connectivity index (χ1) is 34.8. The number of para-hydroxylation sites is 2. The smallest absolute Gasteiger partial charge is 0.268 e. The molecule has 1 aliphatic rings. The summed E-state index contributed by atoms with van der Waals surface area (Å²) in [6, 6.07) is 84.4. The van der Waals surface area contributed by atoms with Gasteiger partial charge in [0.1, 0.15) is 17.3 Å². The van der Waals surface area contributed by atoms with Crippen molar-refractivity contribution in [3.63, 3.8) is 0 Å². The van der Waals surface area contributed by atoms with Crippen LogP contribution in [0, 0.1) is 18.5 Å². The first kappa shape index (κ1) is 45.1. The zero-order chi connectivity index (χ0) is 47.7. The van der Waals surface area contributed by atoms with E-state index in [4.69, 9.17) is 14.5 Å². The third-order valence-electron chi connectivity index (χ3n) is 13.9. The van der Waals surface area contributed by atoms with Gasteiger partial charge >= 0.3 is 0 Å². The third-order valence-corrected chi connectivity index (χ3v) is 18.7. The minimum absolute atomic E-state index is 0. The zero-order valence-electron chi connectivity index (χ0n) is 39.8. The van der Waals surface area contributed by atoms with E-state index in [0.717, 1.165) is 72.7 Å². The summed E-state index contributed by atoms with van der Waals surface area (Å²) in [6.07, 6.45) is 5.65. The summed E-state index contributed by atoms with van der Waals surface area (Å²) < 4.78 is 20.2. The predicted molar refractivity (Wildman–Crippen MR) is 288 cm³/mol. The molecule has 0 bridgehead atoms. The Morgan fingerprint density at radius 2 is 1.24 bits per heavy atom. The Balaban J connectivity index is 0.00000530. The molecule has 1 aliphatic heterocycles. The number of hydrogen-bond donors (Lipinski definition) is 0. The van der Waals surface area contributed by atoms with E-state index in [9.17, 15) is 0 Å². The molecule has 12 aromatic rings. The Kier molecular flexibility index (Phi) is 11.2. The maximum Gasteiger partial charge on any atom is 0.268 e. The van der Waals surface area contributed by atoms with E-state index in [-0.39, 0.29) is 26.5 Å². The fourth-order valence-electron chi connectivity index (χ4n) is 10.5. The van der Waals surface area contributed by atoms with Crippen molar-refractivity contribution in [3.8, 4) is 51.3 Å². The number of ether oxygens (including phenoxy) is 2. The Morgan fingerprint density at radius 3 is 1.97 bits per heavy atom. The van der Waals surface area contributed by atoms with Crippen LogP contribution in [-0.2, 0) is 26.5 Å². The van der Waals surface area contributed by atoms with E-state index in [2.05, 4.69) is 241 Å². The first-order valence-electron chi connectivity index (χ1n) is 24.0. The van der Waals surface area contributed by atoms with Crippen LogP contribution in [0.5, 0.6) is 23.0 Å². The van der Waals surface area contributed by atoms with Crippen molar-refractivity contribution in [1.29, 1.82) is 0 Å². The second-order valence-electron chi connectivity index (χ2n) is 19.2. The Morgan fingerprint density at radius 1 is 0.556 bits per heavy atom. The van der Waals surface area contributed by atoms with E-state index in [0.29, 0.717) is 11.5 Å². The summed E-state index contributed by atoms with van der Waals surface area (Å²) in [4.78, 5) is 4.94. The molecular weight excluding hydrogens is 1080 g/mol. The van der Waals surface area contributed by atoms with Crippen molar-refractivity contribution in [3.05, 3.63) is 249 Å². The van der Waals surface area contributed by atoms with Gasteiger partial charge in [-0.1, -0.05) is 166 Å². The van der Waals surface area contributed by atoms with Gasteiger partial charge < -0.3 is 18.6 Å². The summed E-state index contributed by atoms with van der Waals surface area (Å²) in [5.74, 6) is 3.64. The topological polar surface area (TPSA) is 45.1 Å². The molecular formula is C64H46N4O2PtSi-2. The van der Waals surface area contributed by atoms with Crippen molar-refractivity contribution < 1.29 is 35.1 Å². The van der Waals surface area contributed by atoms with Crippen LogP contribution >= 0.6 is 0 Å². The van der Waals surface area contributed by atoms with Gasteiger partial charge in [-0.15, -0.1) is 29.7 Å². The van der Waals surface area contributed by atoms with Gasteiger partial charge in [0.2, 0.25) is 0 Å². The first-order valence-corrected chi connectivity index (χ1v) is 26.0. The normalized spacial score (nSPS) is 12.8. The number of hydrogen-bond acceptors (Lipinski definition) is 3. The number of nitrogens with zero attached hydrogens (tertiary/aromatic N) is 4. The average Bonchev–Trinajstić information content (AvgIpc) is 3.95. The molecule has 9 aromatic carbocycles. The number of imidazole rings is 1. The zero-order valence-corrected chi connectivity index (χ0v) is 43.1. The molecule has 0 saturated heterocycles. The molecule has 0 N–H and O–H groups in total. The van der Waals surface area contributed by atoms with Crippen LogP contribution in [0.2, 0.25) is 0 Å². The monoisotopic (exact) mass is 1130 g/mol. The van der Waals surface area contributed by atoms with E-state index in [1.807, 2.05) is 36.5 Å². The van der Waals surface area contributed by atoms with Crippen molar-refractivity contribution in [1.82, 2.24) is 14.1 Å². The van der Waals surface area contributed by atoms with Gasteiger partial charge in [-0.25, -0.2) is 4.98 Å². The van der Waals surface area contributed by atoms with Gasteiger partial charge in [0, 0.05) is 44.3 Å². The molecule has 0 radical (unpaired) electrons. The number of pyridine rings is 1. The van der Waals surface area contributed by atoms with Gasteiger partial charge in [0.05, 0.1) is 16.7 Å². The maximum absolute atomic E-state index is 7.00. The standard InChI is InChI=1S/C64H46N4O2Si.Pt/c1-64(2,3)46-35-36-65-63(38-46)68-55-34-31-45(44-19-8-4-9-20-44)37-54(55)53-33-32-50(40-56(53)68)69-49-24-18-23-48(39-49)67-43-66(47-21-10-5-11-22-47)58-42-62-60(41-57(58)67)70-59-29-16-17-30-61(59)71(62,51-25-12-6-13-26-51)52-27-14-7-15-28-52;/h4-38,41-42H,1-3H3;/q-2;. The van der Waals surface area contributed by atoms with Crippen molar-refractivity contribution >= 4 is 61.7 Å². The minimum atomic E-state index is -2.92. The van der Waals surface area contributed by atoms with Crippen LogP contribution in [0.25, 0.3) is 61.2 Å². The van der Waals surface area contributed by atoms with Crippen LogP contribution < -0.4 is 34.8 Å². The summed E-state index contributed by atoms with van der Waals surface area (Å²) in [6.45, 7) is 6.69. The van der Waals surface area contributed by atoms with Crippen LogP contribution in [0.3, 0.4) is 0 Å². The molecule has 0 unspecified atom stereocenters. The summed E-state index contributed by atoms with van der Waals surface area (Å²) in [5, 5.41) is 7.15. The third kappa shape index (κ3) is 7.51. The fourth-order valence-corrected chi connectivity index (χ4v) is 15.5. The van der Waals surface area contributed by atoms with Crippen molar-refractivity contribution in [2.45, 2.75) is 26.2 Å². The number of rotatable bonds is 8. The van der Waals surface area contributed by atoms with Gasteiger partial charge in [0.25, 0.3) is 6.33 Å². The molecule has 0 atom stereocenters. The molecule has 6 nitrogen and oxygen atoms in total. The average molecular weight is 1130 g/mol. The van der Waals surface area contributed by atoms with E-state index in [1.54, 1.807) is 0 Å². The molecule has 0 fully saturated rings. The van der Waals surface area contributed by atoms with Gasteiger partial charge in [-0.3, -0.25) is 4.57 Å². The molecule has 4 heterocycles. The Hall–Kier alpha value is -8.09. The SMILES string of the molecule is CC(C)(C)c1ccnc(-n2c3[c-]c(Oc4[c-]c(-n5[c-][n+](-c6ccccc6)c6cc7c(cc65)Oc5ccccc5[Si]7(c5ccccc5)c5ccccc5)ccc4)ccc3c3cc(-c4ccccc4)ccc32)c1.[Pt]. The maximum atomic E-state index is 7.00. The second kappa shape index (κ2) is 17.9. The second-order valence-corrected chi connectivity index (χ2v) is 22.9. The van der Waals surface area contributed by atoms with Gasteiger partial charge in [-0.05, 0) is 102 Å². The van der Waals surface area contributed by atoms with Crippen LogP contribution in [0.15, 0.2) is 225 Å². The van der Waals surface area contributed by atoms with E-state index >= 15 is 0 Å². The molecule has 0 aliphatic carbocycles. The van der Waals surface area contributed by atoms with Gasteiger partial charge in [-0.2, -0.15) is 18.2 Å². The number of aromatic nitrogens is 4. The summed E-state index contributed by atoms with van der Waals surface area (Å²) >= 11 is 0. The Bertz CT molecular complexity index is 3940. The molecule has 0 saturated carbocycles. The molecule has 8 heteroatoms. The fraction of sp³-hybridized carbons (Fsp3) is 0.0625. The summed E-state index contributed by atoms with van der Waals surface area (Å²) in [5.41, 5.74) is 9.04. The largest absolute Gasteiger partial charge is 0.510 e. The van der Waals surface area contributed by atoms with Crippen LogP contribution in [0.1, 0.15) is 26.3 Å². The molecule has 0 spiro atoms. The molecule has 350 valence electrons. The summed E-state index contributed by atoms with van der Waals surface area (Å²) in [7, 11) is -2.92.